The summed E-state index contributed by atoms with van der Waals surface area (Å²) in [5.41, 5.74) is 2.97. The fraction of sp³-hybridized carbons (Fsp3) is 0.556. The van der Waals surface area contributed by atoms with Gasteiger partial charge in [-0.3, -0.25) is 12.2 Å². The summed E-state index contributed by atoms with van der Waals surface area (Å²) >= 11 is 0. The molecule has 116 valence electrons. The molecule has 2 rings (SSSR count). The van der Waals surface area contributed by atoms with Crippen molar-refractivity contribution in [2.45, 2.75) is 65.2 Å². The monoisotopic (exact) mass is 492 g/mol. The van der Waals surface area contributed by atoms with E-state index in [0.717, 1.165) is 12.8 Å². The molecule has 0 aromatic heterocycles. The van der Waals surface area contributed by atoms with Crippen molar-refractivity contribution >= 4 is 0 Å². The van der Waals surface area contributed by atoms with Crippen LogP contribution >= 0.6 is 0 Å². The molecule has 2 aliphatic rings. The van der Waals surface area contributed by atoms with Gasteiger partial charge in [-0.15, -0.1) is 0 Å². The van der Waals surface area contributed by atoms with Crippen LogP contribution in [0.1, 0.15) is 65.2 Å². The van der Waals surface area contributed by atoms with Gasteiger partial charge in [0, 0.05) is 0 Å². The van der Waals surface area contributed by atoms with Crippen molar-refractivity contribution in [2.75, 3.05) is 0 Å². The Labute approximate surface area is 162 Å². The number of hydrogen-bond acceptors (Lipinski definition) is 0. The van der Waals surface area contributed by atoms with Gasteiger partial charge in [-0.2, -0.15) is 11.1 Å². The summed E-state index contributed by atoms with van der Waals surface area (Å²) in [7, 11) is 0. The second-order valence-corrected chi connectivity index (χ2v) is 4.92. The van der Waals surface area contributed by atoms with Gasteiger partial charge in [-0.1, -0.05) is 65.2 Å². The quantitative estimate of drug-likeness (QED) is 0.355. The standard InChI is InChI=1S/2C9H13.2ClH.Hf/c2*1-2-3-6-9-7-4-5-8-9;;;/h2*4-5H,2-3,6-7H2,1H3;2*1H;/q2*-1;;;+4/p-2. The van der Waals surface area contributed by atoms with E-state index in [0.29, 0.717) is 0 Å². The van der Waals surface area contributed by atoms with Crippen LogP contribution < -0.4 is 24.8 Å². The molecule has 3 heteroatoms. The molecule has 21 heavy (non-hydrogen) atoms. The Morgan fingerprint density at radius 2 is 1.19 bits per heavy atom. The van der Waals surface area contributed by atoms with Crippen LogP contribution in [-0.2, 0) is 25.8 Å². The summed E-state index contributed by atoms with van der Waals surface area (Å²) in [4.78, 5) is 0. The van der Waals surface area contributed by atoms with E-state index in [9.17, 15) is 0 Å². The molecule has 0 spiro atoms. The van der Waals surface area contributed by atoms with Crippen molar-refractivity contribution in [2.24, 2.45) is 0 Å². The molecule has 0 saturated heterocycles. The molecule has 0 aliphatic heterocycles. The SMILES string of the molecule is CCCCC1=[C-]C=CC1.CCCCC1=[C-]C=CC1.[Cl-].[Cl-].[Hf+4]. The van der Waals surface area contributed by atoms with Gasteiger partial charge in [-0.25, -0.2) is 24.3 Å². The van der Waals surface area contributed by atoms with Gasteiger partial charge in [0.25, 0.3) is 0 Å². The number of unbranched alkanes of at least 4 members (excludes halogenated alkanes) is 2. The first-order valence-corrected chi connectivity index (χ1v) is 7.39. The molecule has 0 bridgehead atoms. The van der Waals surface area contributed by atoms with E-state index >= 15 is 0 Å². The molecule has 0 atom stereocenters. The average Bonchev–Trinajstić information content (AvgIpc) is 3.07. The van der Waals surface area contributed by atoms with Crippen molar-refractivity contribution in [1.82, 2.24) is 0 Å². The molecule has 2 aliphatic carbocycles. The predicted octanol–water partition coefficient (Wildman–Crippen LogP) is -0.262. The molecule has 0 heterocycles. The summed E-state index contributed by atoms with van der Waals surface area (Å²) in [6.45, 7) is 4.45. The summed E-state index contributed by atoms with van der Waals surface area (Å²) in [6, 6.07) is 0. The summed E-state index contributed by atoms with van der Waals surface area (Å²) in [5.74, 6) is 0. The molecule has 0 nitrogen and oxygen atoms in total. The minimum atomic E-state index is 0. The number of allylic oxidation sites excluding steroid dienone is 8. The van der Waals surface area contributed by atoms with Crippen LogP contribution in [0.15, 0.2) is 35.5 Å². The molecule has 0 N–H and O–H groups in total. The Kier molecular flexibility index (Phi) is 23.1. The Bertz CT molecular complexity index is 307. The van der Waals surface area contributed by atoms with E-state index in [1.807, 2.05) is 12.2 Å². The maximum atomic E-state index is 3.23. The minimum absolute atomic E-state index is 0. The maximum absolute atomic E-state index is 3.23. The number of hydrogen-bond donors (Lipinski definition) is 0. The first-order chi connectivity index (χ1) is 8.86. The number of rotatable bonds is 6. The Morgan fingerprint density at radius 3 is 1.43 bits per heavy atom. The van der Waals surface area contributed by atoms with Crippen molar-refractivity contribution in [1.29, 1.82) is 0 Å². The predicted molar refractivity (Wildman–Crippen MR) is 80.1 cm³/mol. The zero-order chi connectivity index (χ0) is 13.1. The first kappa shape index (κ1) is 26.3. The Hall–Kier alpha value is 0.410. The summed E-state index contributed by atoms with van der Waals surface area (Å²) < 4.78 is 0. The molecule has 0 radical (unpaired) electrons. The second-order valence-electron chi connectivity index (χ2n) is 4.92. The molecule has 0 unspecified atom stereocenters. The van der Waals surface area contributed by atoms with E-state index in [2.05, 4.69) is 38.2 Å². The Morgan fingerprint density at radius 1 is 0.810 bits per heavy atom. The van der Waals surface area contributed by atoms with Crippen molar-refractivity contribution in [3.8, 4) is 0 Å². The van der Waals surface area contributed by atoms with E-state index in [4.69, 9.17) is 0 Å². The van der Waals surface area contributed by atoms with Crippen LogP contribution in [0.25, 0.3) is 0 Å². The third kappa shape index (κ3) is 13.8. The number of halogens is 2. The van der Waals surface area contributed by atoms with Crippen LogP contribution in [0.5, 0.6) is 0 Å². The van der Waals surface area contributed by atoms with Gasteiger partial charge in [0.15, 0.2) is 0 Å². The summed E-state index contributed by atoms with van der Waals surface area (Å²) in [5, 5.41) is 0. The van der Waals surface area contributed by atoms with Crippen molar-refractivity contribution in [3.05, 3.63) is 47.6 Å². The Balaban J connectivity index is -0.000000270. The zero-order valence-corrected chi connectivity index (χ0v) is 18.3. The van der Waals surface area contributed by atoms with Gasteiger partial charge in [0.05, 0.1) is 0 Å². The topological polar surface area (TPSA) is 0 Å². The second kappa shape index (κ2) is 18.5. The normalized spacial score (nSPS) is 14.0. The van der Waals surface area contributed by atoms with Gasteiger partial charge in [0.2, 0.25) is 0 Å². The third-order valence-electron chi connectivity index (χ3n) is 3.20. The third-order valence-corrected chi connectivity index (χ3v) is 3.20. The van der Waals surface area contributed by atoms with Crippen LogP contribution in [0, 0.1) is 12.2 Å². The van der Waals surface area contributed by atoms with E-state index in [1.54, 1.807) is 0 Å². The van der Waals surface area contributed by atoms with Crippen molar-refractivity contribution < 1.29 is 50.7 Å². The molecular weight excluding hydrogens is 466 g/mol. The van der Waals surface area contributed by atoms with E-state index < -0.39 is 0 Å². The van der Waals surface area contributed by atoms with E-state index in [1.165, 1.54) is 49.7 Å². The van der Waals surface area contributed by atoms with Gasteiger partial charge >= 0.3 is 25.8 Å². The zero-order valence-electron chi connectivity index (χ0n) is 13.2. The van der Waals surface area contributed by atoms with Crippen molar-refractivity contribution in [3.63, 3.8) is 0 Å². The maximum Gasteiger partial charge on any atom is 4.00 e. The molecule has 0 saturated carbocycles. The van der Waals surface area contributed by atoms with Crippen LogP contribution in [-0.4, -0.2) is 0 Å². The molecular formula is C18H26Cl2Hf. The fourth-order valence-corrected chi connectivity index (χ4v) is 2.00. The van der Waals surface area contributed by atoms with Gasteiger partial charge < -0.3 is 24.8 Å². The van der Waals surface area contributed by atoms with Gasteiger partial charge in [0.1, 0.15) is 0 Å². The molecule has 0 aromatic rings. The minimum Gasteiger partial charge on any atom is -1.00 e. The average molecular weight is 492 g/mol. The fourth-order valence-electron chi connectivity index (χ4n) is 2.00. The van der Waals surface area contributed by atoms with Crippen LogP contribution in [0.3, 0.4) is 0 Å². The van der Waals surface area contributed by atoms with Gasteiger partial charge in [-0.05, 0) is 0 Å². The van der Waals surface area contributed by atoms with E-state index in [-0.39, 0.29) is 50.7 Å². The van der Waals surface area contributed by atoms with Crippen LogP contribution in [0.4, 0.5) is 0 Å². The molecule has 0 fully saturated rings. The summed E-state index contributed by atoms with van der Waals surface area (Å²) in [6.07, 6.45) is 24.9. The molecule has 0 aromatic carbocycles. The largest absolute Gasteiger partial charge is 4.00 e. The van der Waals surface area contributed by atoms with Crippen LogP contribution in [0.2, 0.25) is 0 Å². The first-order valence-electron chi connectivity index (χ1n) is 7.39. The molecule has 0 amide bonds. The smallest absolute Gasteiger partial charge is 1.00 e.